The second-order valence-electron chi connectivity index (χ2n) is 4.82. The molecule has 1 aromatic heterocycles. The van der Waals surface area contributed by atoms with E-state index in [9.17, 15) is 0 Å². The highest BCUT2D eigenvalue weighted by atomic mass is 35.5. The molecule has 1 N–H and O–H groups in total. The molecule has 0 radical (unpaired) electrons. The van der Waals surface area contributed by atoms with E-state index >= 15 is 0 Å². The minimum absolute atomic E-state index is 0.481. The molecule has 5 nitrogen and oxygen atoms in total. The lowest BCUT2D eigenvalue weighted by molar-refractivity contribution is 0.257. The summed E-state index contributed by atoms with van der Waals surface area (Å²) in [6.07, 6.45) is 3.93. The van der Waals surface area contributed by atoms with Gasteiger partial charge < -0.3 is 15.1 Å². The molecule has 0 aliphatic carbocycles. The average Bonchev–Trinajstić information content (AvgIpc) is 2.38. The molecule has 18 heavy (non-hydrogen) atoms. The Morgan fingerprint density at radius 1 is 1.44 bits per heavy atom. The van der Waals surface area contributed by atoms with Crippen molar-refractivity contribution in [1.29, 1.82) is 0 Å². The Morgan fingerprint density at radius 3 is 2.89 bits per heavy atom. The number of nitrogens with zero attached hydrogens (tertiary/aromatic N) is 4. The van der Waals surface area contributed by atoms with E-state index in [4.69, 9.17) is 11.6 Å². The van der Waals surface area contributed by atoms with Gasteiger partial charge in [-0.05, 0) is 26.9 Å². The van der Waals surface area contributed by atoms with Crippen molar-refractivity contribution >= 4 is 23.1 Å². The van der Waals surface area contributed by atoms with Crippen LogP contribution >= 0.6 is 11.6 Å². The lowest BCUT2D eigenvalue weighted by Crippen LogP contribution is -2.45. The van der Waals surface area contributed by atoms with Crippen molar-refractivity contribution in [3.63, 3.8) is 0 Å². The lowest BCUT2D eigenvalue weighted by Gasteiger charge is -2.37. The van der Waals surface area contributed by atoms with Crippen LogP contribution in [0.4, 0.5) is 11.5 Å². The zero-order valence-electron chi connectivity index (χ0n) is 11.1. The topological polar surface area (TPSA) is 44.3 Å². The van der Waals surface area contributed by atoms with Gasteiger partial charge in [0.25, 0.3) is 0 Å². The molecule has 1 unspecified atom stereocenters. The number of aromatic nitrogens is 2. The molecule has 1 atom stereocenters. The zero-order chi connectivity index (χ0) is 13.1. The summed E-state index contributed by atoms with van der Waals surface area (Å²) in [5.41, 5.74) is 0.818. The summed E-state index contributed by atoms with van der Waals surface area (Å²) in [6, 6.07) is 0.567. The highest BCUT2D eigenvalue weighted by Crippen LogP contribution is 2.30. The first kappa shape index (κ1) is 13.4. The Labute approximate surface area is 113 Å². The van der Waals surface area contributed by atoms with Crippen LogP contribution in [0.2, 0.25) is 5.15 Å². The minimum atomic E-state index is 0.481. The number of hydrogen-bond donors (Lipinski definition) is 1. The van der Waals surface area contributed by atoms with Crippen LogP contribution in [0, 0.1) is 0 Å². The van der Waals surface area contributed by atoms with Crippen LogP contribution in [0.3, 0.4) is 0 Å². The summed E-state index contributed by atoms with van der Waals surface area (Å²) < 4.78 is 0. The fourth-order valence-electron chi connectivity index (χ4n) is 2.38. The van der Waals surface area contributed by atoms with Gasteiger partial charge in [-0.2, -0.15) is 0 Å². The van der Waals surface area contributed by atoms with E-state index in [1.54, 1.807) is 0 Å². The van der Waals surface area contributed by atoms with Gasteiger partial charge in [0.1, 0.15) is 12.0 Å². The van der Waals surface area contributed by atoms with Gasteiger partial charge in [-0.3, -0.25) is 0 Å². The van der Waals surface area contributed by atoms with Crippen molar-refractivity contribution in [2.75, 3.05) is 44.4 Å². The van der Waals surface area contributed by atoms with Gasteiger partial charge in [0.05, 0.1) is 0 Å². The van der Waals surface area contributed by atoms with Gasteiger partial charge in [0.2, 0.25) is 0 Å². The molecule has 6 heteroatoms. The molecule has 0 spiro atoms. The third-order valence-electron chi connectivity index (χ3n) is 3.46. The maximum atomic E-state index is 6.10. The third-order valence-corrected chi connectivity index (χ3v) is 3.74. The molecule has 0 amide bonds. The third kappa shape index (κ3) is 2.67. The average molecular weight is 270 g/mol. The van der Waals surface area contributed by atoms with Crippen LogP contribution in [0.1, 0.15) is 12.8 Å². The van der Waals surface area contributed by atoms with Crippen LogP contribution in [-0.4, -0.2) is 55.1 Å². The van der Waals surface area contributed by atoms with Gasteiger partial charge in [-0.25, -0.2) is 9.97 Å². The first-order valence-electron chi connectivity index (χ1n) is 6.23. The quantitative estimate of drug-likeness (QED) is 0.847. The van der Waals surface area contributed by atoms with E-state index in [2.05, 4.69) is 39.2 Å². The first-order valence-corrected chi connectivity index (χ1v) is 6.61. The number of nitrogens with one attached hydrogen (secondary N) is 1. The van der Waals surface area contributed by atoms with E-state index in [0.29, 0.717) is 11.2 Å². The molecule has 0 aromatic carbocycles. The fourth-order valence-corrected chi connectivity index (χ4v) is 2.60. The van der Waals surface area contributed by atoms with Crippen molar-refractivity contribution in [2.24, 2.45) is 0 Å². The Balaban J connectivity index is 2.23. The smallest absolute Gasteiger partial charge is 0.157 e. The SMILES string of the molecule is CNc1c(Cl)ncnc1N1CCCC(N(C)C)C1. The van der Waals surface area contributed by atoms with Crippen LogP contribution in [0.25, 0.3) is 0 Å². The molecule has 1 aromatic rings. The number of halogens is 1. The number of piperidine rings is 1. The summed E-state index contributed by atoms with van der Waals surface area (Å²) in [5, 5.41) is 3.57. The second-order valence-corrected chi connectivity index (χ2v) is 5.18. The minimum Gasteiger partial charge on any atom is -0.383 e. The van der Waals surface area contributed by atoms with Gasteiger partial charge in [0.15, 0.2) is 11.0 Å². The van der Waals surface area contributed by atoms with Crippen LogP contribution in [-0.2, 0) is 0 Å². The maximum absolute atomic E-state index is 6.10. The molecule has 2 rings (SSSR count). The molecule has 1 saturated heterocycles. The van der Waals surface area contributed by atoms with E-state index in [1.807, 2.05) is 7.05 Å². The summed E-state index contributed by atoms with van der Waals surface area (Å²) >= 11 is 6.10. The number of anilines is 2. The van der Waals surface area contributed by atoms with Crippen LogP contribution in [0.15, 0.2) is 6.33 Å². The summed E-state index contributed by atoms with van der Waals surface area (Å²) in [4.78, 5) is 12.9. The largest absolute Gasteiger partial charge is 0.383 e. The molecule has 100 valence electrons. The highest BCUT2D eigenvalue weighted by Gasteiger charge is 2.24. The van der Waals surface area contributed by atoms with E-state index in [1.165, 1.54) is 19.2 Å². The van der Waals surface area contributed by atoms with Crippen molar-refractivity contribution in [2.45, 2.75) is 18.9 Å². The molecular formula is C12H20ClN5. The Kier molecular flexibility index (Phi) is 4.24. The number of rotatable bonds is 3. The fraction of sp³-hybridized carbons (Fsp3) is 0.667. The second kappa shape index (κ2) is 5.71. The summed E-state index contributed by atoms with van der Waals surface area (Å²) in [5.74, 6) is 0.907. The van der Waals surface area contributed by atoms with E-state index in [-0.39, 0.29) is 0 Å². The zero-order valence-corrected chi connectivity index (χ0v) is 11.9. The number of hydrogen-bond acceptors (Lipinski definition) is 5. The molecule has 1 aliphatic rings. The molecule has 1 aliphatic heterocycles. The van der Waals surface area contributed by atoms with Crippen LogP contribution < -0.4 is 10.2 Å². The van der Waals surface area contributed by atoms with Gasteiger partial charge in [-0.1, -0.05) is 11.6 Å². The summed E-state index contributed by atoms with van der Waals surface area (Å²) in [6.45, 7) is 2.00. The van der Waals surface area contributed by atoms with Crippen molar-refractivity contribution in [3.05, 3.63) is 11.5 Å². The monoisotopic (exact) mass is 269 g/mol. The Morgan fingerprint density at radius 2 is 2.22 bits per heavy atom. The lowest BCUT2D eigenvalue weighted by atomic mass is 10.0. The van der Waals surface area contributed by atoms with E-state index in [0.717, 1.165) is 24.6 Å². The maximum Gasteiger partial charge on any atom is 0.157 e. The normalized spacial score (nSPS) is 20.3. The van der Waals surface area contributed by atoms with Crippen LogP contribution in [0.5, 0.6) is 0 Å². The predicted octanol–water partition coefficient (Wildman–Crippen LogP) is 1.70. The highest BCUT2D eigenvalue weighted by molar-refractivity contribution is 6.32. The Hall–Kier alpha value is -1.07. The van der Waals surface area contributed by atoms with E-state index < -0.39 is 0 Å². The molecule has 1 fully saturated rings. The molecular weight excluding hydrogens is 250 g/mol. The van der Waals surface area contributed by atoms with Crippen molar-refractivity contribution < 1.29 is 0 Å². The number of likely N-dealkylation sites (N-methyl/N-ethyl adjacent to an activating group) is 1. The molecule has 2 heterocycles. The van der Waals surface area contributed by atoms with Gasteiger partial charge >= 0.3 is 0 Å². The van der Waals surface area contributed by atoms with Crippen molar-refractivity contribution in [3.8, 4) is 0 Å². The van der Waals surface area contributed by atoms with Gasteiger partial charge in [0, 0.05) is 26.2 Å². The standard InChI is InChI=1S/C12H20ClN5/c1-14-10-11(13)15-8-16-12(10)18-6-4-5-9(7-18)17(2)3/h8-9,14H,4-7H2,1-3H3. The van der Waals surface area contributed by atoms with Crippen molar-refractivity contribution in [1.82, 2.24) is 14.9 Å². The predicted molar refractivity (Wildman–Crippen MR) is 75.5 cm³/mol. The Bertz CT molecular complexity index is 409. The molecule has 0 bridgehead atoms. The molecule has 0 saturated carbocycles. The van der Waals surface area contributed by atoms with Gasteiger partial charge in [-0.15, -0.1) is 0 Å². The summed E-state index contributed by atoms with van der Waals surface area (Å²) in [7, 11) is 6.10. The first-order chi connectivity index (χ1) is 8.63.